The molecule has 132 valence electrons. The van der Waals surface area contributed by atoms with Crippen LogP contribution in [0.5, 0.6) is 0 Å². The minimum Gasteiger partial charge on any atom is -0.691 e. The summed E-state index contributed by atoms with van der Waals surface area (Å²) in [5, 5.41) is 42.4. The van der Waals surface area contributed by atoms with Crippen molar-refractivity contribution >= 4 is 12.0 Å². The van der Waals surface area contributed by atoms with Gasteiger partial charge in [0.25, 0.3) is 0 Å². The van der Waals surface area contributed by atoms with Gasteiger partial charge in [0, 0.05) is 26.3 Å². The molecule has 0 aromatic carbocycles. The van der Waals surface area contributed by atoms with Crippen LogP contribution < -0.4 is 34.8 Å². The van der Waals surface area contributed by atoms with E-state index in [2.05, 4.69) is 9.37 Å². The van der Waals surface area contributed by atoms with Crippen molar-refractivity contribution in [3.8, 4) is 0 Å². The molecule has 0 bridgehead atoms. The zero-order chi connectivity index (χ0) is 16.5. The van der Waals surface area contributed by atoms with Gasteiger partial charge in [-0.15, -0.1) is 0 Å². The van der Waals surface area contributed by atoms with E-state index in [9.17, 15) is 20.6 Å². The van der Waals surface area contributed by atoms with Crippen molar-refractivity contribution in [2.75, 3.05) is 33.2 Å². The summed E-state index contributed by atoms with van der Waals surface area (Å²) in [5.74, 6) is -0.0151. The summed E-state index contributed by atoms with van der Waals surface area (Å²) in [5.41, 5.74) is 0. The SMILES string of the molecule is COCC(COC1OC(CSOO[O-])C(O)C(O)C1O)OC.[Na+]. The number of hydrogen-bond donors (Lipinski definition) is 3. The molecule has 0 amide bonds. The monoisotopic (exact) mass is 368 g/mol. The van der Waals surface area contributed by atoms with Crippen LogP contribution in [0, 0.1) is 0 Å². The number of methoxy groups -OCH3 is 2. The molecule has 23 heavy (non-hydrogen) atoms. The van der Waals surface area contributed by atoms with E-state index < -0.39 is 30.7 Å². The Morgan fingerprint density at radius 1 is 1.13 bits per heavy atom. The van der Waals surface area contributed by atoms with Gasteiger partial charge in [-0.25, -0.2) is 0 Å². The van der Waals surface area contributed by atoms with Gasteiger partial charge in [0.1, 0.15) is 30.5 Å². The molecule has 0 spiro atoms. The van der Waals surface area contributed by atoms with E-state index in [0.29, 0.717) is 12.0 Å². The van der Waals surface area contributed by atoms with E-state index in [1.54, 1.807) is 0 Å². The molecule has 6 unspecified atom stereocenters. The van der Waals surface area contributed by atoms with Crippen LogP contribution in [0.2, 0.25) is 0 Å². The fraction of sp³-hybridized carbons (Fsp3) is 1.00. The molecule has 1 heterocycles. The average Bonchev–Trinajstić information content (AvgIpc) is 2.52. The quantitative estimate of drug-likeness (QED) is 0.112. The Hall–Kier alpha value is 0.950. The van der Waals surface area contributed by atoms with E-state index in [1.165, 1.54) is 14.2 Å². The molecule has 0 aromatic heterocycles. The van der Waals surface area contributed by atoms with Crippen LogP contribution in [0.25, 0.3) is 0 Å². The smallest absolute Gasteiger partial charge is 0.691 e. The largest absolute Gasteiger partial charge is 1.00 e. The standard InChI is InChI=1S/C11H22O10S.Na/c1-16-3-6(17-2)4-18-11-10(14)9(13)8(12)7(19-11)5-22-21-20-15;/h6-15H,3-5H2,1-2H3;/q;+1/p-1. The first-order chi connectivity index (χ1) is 10.5. The fourth-order valence-electron chi connectivity index (χ4n) is 1.88. The molecule has 1 aliphatic rings. The number of ether oxygens (including phenoxy) is 4. The van der Waals surface area contributed by atoms with Gasteiger partial charge in [0.2, 0.25) is 0 Å². The van der Waals surface area contributed by atoms with Crippen LogP contribution in [0.3, 0.4) is 0 Å². The Labute approximate surface area is 160 Å². The zero-order valence-electron chi connectivity index (χ0n) is 13.2. The molecule has 1 aliphatic heterocycles. The topological polar surface area (TPSA) is 139 Å². The fourth-order valence-corrected chi connectivity index (χ4v) is 2.38. The second-order valence-electron chi connectivity index (χ2n) is 4.58. The average molecular weight is 368 g/mol. The molecule has 12 heteroatoms. The second kappa shape index (κ2) is 13.2. The predicted molar refractivity (Wildman–Crippen MR) is 69.9 cm³/mol. The van der Waals surface area contributed by atoms with Crippen LogP contribution in [0.4, 0.5) is 0 Å². The molecular formula is C11H21NaO10S. The van der Waals surface area contributed by atoms with Gasteiger partial charge >= 0.3 is 29.6 Å². The second-order valence-corrected chi connectivity index (χ2v) is 5.29. The first kappa shape index (κ1) is 23.9. The Morgan fingerprint density at radius 2 is 1.83 bits per heavy atom. The maximum atomic E-state index is 9.87. The van der Waals surface area contributed by atoms with Crippen molar-refractivity contribution in [3.05, 3.63) is 0 Å². The number of aliphatic hydroxyl groups is 3. The van der Waals surface area contributed by atoms with Crippen molar-refractivity contribution < 1.29 is 78.5 Å². The zero-order valence-corrected chi connectivity index (χ0v) is 16.0. The molecule has 0 aromatic rings. The van der Waals surface area contributed by atoms with Gasteiger partial charge in [0.05, 0.1) is 19.0 Å². The third-order valence-electron chi connectivity index (χ3n) is 3.11. The van der Waals surface area contributed by atoms with Gasteiger partial charge in [-0.3, -0.25) is 5.04 Å². The Bertz CT molecular complexity index is 302. The molecule has 0 radical (unpaired) electrons. The van der Waals surface area contributed by atoms with Crippen LogP contribution >= 0.6 is 12.0 Å². The first-order valence-electron chi connectivity index (χ1n) is 6.46. The summed E-state index contributed by atoms with van der Waals surface area (Å²) in [6, 6.07) is 0. The summed E-state index contributed by atoms with van der Waals surface area (Å²) in [6.45, 7) is 0.327. The molecule has 0 saturated carbocycles. The van der Waals surface area contributed by atoms with Crippen molar-refractivity contribution in [1.82, 2.24) is 0 Å². The van der Waals surface area contributed by atoms with Gasteiger partial charge in [-0.05, 0) is 0 Å². The predicted octanol–water partition coefficient (Wildman–Crippen LogP) is -5.65. The molecule has 3 N–H and O–H groups in total. The van der Waals surface area contributed by atoms with E-state index in [4.69, 9.17) is 18.9 Å². The van der Waals surface area contributed by atoms with Gasteiger partial charge in [-0.1, -0.05) is 0 Å². The van der Waals surface area contributed by atoms with Crippen molar-refractivity contribution in [1.29, 1.82) is 0 Å². The first-order valence-corrected chi connectivity index (χ1v) is 7.37. The van der Waals surface area contributed by atoms with Crippen LogP contribution in [-0.2, 0) is 28.3 Å². The van der Waals surface area contributed by atoms with Gasteiger partial charge < -0.3 is 39.5 Å². The van der Waals surface area contributed by atoms with E-state index in [-0.39, 0.29) is 54.6 Å². The van der Waals surface area contributed by atoms with Crippen LogP contribution in [0.15, 0.2) is 0 Å². The summed E-state index contributed by atoms with van der Waals surface area (Å²) in [4.78, 5) is 0. The van der Waals surface area contributed by atoms with E-state index in [1.807, 2.05) is 0 Å². The molecule has 1 saturated heterocycles. The van der Waals surface area contributed by atoms with Crippen molar-refractivity contribution in [3.63, 3.8) is 0 Å². The molecule has 0 aliphatic carbocycles. The van der Waals surface area contributed by atoms with Gasteiger partial charge in [0.15, 0.2) is 6.29 Å². The summed E-state index contributed by atoms with van der Waals surface area (Å²) < 4.78 is 24.8. The van der Waals surface area contributed by atoms with Gasteiger partial charge in [-0.2, -0.15) is 4.33 Å². The number of hydrogen-bond acceptors (Lipinski definition) is 11. The number of rotatable bonds is 10. The molecular weight excluding hydrogens is 347 g/mol. The van der Waals surface area contributed by atoms with E-state index >= 15 is 0 Å². The summed E-state index contributed by atoms with van der Waals surface area (Å²) in [7, 11) is 2.98. The van der Waals surface area contributed by atoms with Crippen molar-refractivity contribution in [2.45, 2.75) is 36.8 Å². The Kier molecular flexibility index (Phi) is 13.7. The molecule has 1 rings (SSSR count). The molecule has 1 fully saturated rings. The van der Waals surface area contributed by atoms with Crippen LogP contribution in [0.1, 0.15) is 0 Å². The Balaban J connectivity index is 0.00000484. The minimum absolute atomic E-state index is 0. The number of aliphatic hydroxyl groups excluding tert-OH is 3. The minimum atomic E-state index is -1.47. The molecule has 10 nitrogen and oxygen atoms in total. The maximum absolute atomic E-state index is 9.87. The maximum Gasteiger partial charge on any atom is 1.00 e. The summed E-state index contributed by atoms with van der Waals surface area (Å²) >= 11 is 0.593. The summed E-state index contributed by atoms with van der Waals surface area (Å²) in [6.07, 6.45) is -6.75. The third-order valence-corrected chi connectivity index (χ3v) is 3.73. The Morgan fingerprint density at radius 3 is 2.39 bits per heavy atom. The van der Waals surface area contributed by atoms with E-state index in [0.717, 1.165) is 0 Å². The normalized spacial score (nSPS) is 32.3. The van der Waals surface area contributed by atoms with Crippen LogP contribution in [-0.4, -0.2) is 85.3 Å². The third kappa shape index (κ3) is 7.79. The molecule has 6 atom stereocenters. The van der Waals surface area contributed by atoms with Crippen molar-refractivity contribution in [2.24, 2.45) is 0 Å².